The first kappa shape index (κ1) is 13.8. The van der Waals surface area contributed by atoms with Crippen molar-refractivity contribution in [3.8, 4) is 5.75 Å². The Kier molecular flexibility index (Phi) is 4.37. The van der Waals surface area contributed by atoms with Gasteiger partial charge in [0.15, 0.2) is 5.78 Å². The van der Waals surface area contributed by atoms with E-state index in [1.165, 1.54) is 11.3 Å². The van der Waals surface area contributed by atoms with Crippen molar-refractivity contribution in [2.45, 2.75) is 32.7 Å². The van der Waals surface area contributed by atoms with Gasteiger partial charge < -0.3 is 4.74 Å². The Balaban J connectivity index is 2.04. The zero-order chi connectivity index (χ0) is 13.8. The largest absolute Gasteiger partial charge is 0.496 e. The second-order valence-electron chi connectivity index (χ2n) is 4.50. The summed E-state index contributed by atoms with van der Waals surface area (Å²) in [6, 6.07) is 4.05. The molecule has 0 spiro atoms. The first-order chi connectivity index (χ1) is 9.13. The minimum absolute atomic E-state index is 0.0858. The molecule has 5 heteroatoms. The van der Waals surface area contributed by atoms with E-state index in [1.807, 2.05) is 22.3 Å². The molecule has 2 heterocycles. The Morgan fingerprint density at radius 2 is 2.37 bits per heavy atom. The van der Waals surface area contributed by atoms with E-state index >= 15 is 0 Å². The van der Waals surface area contributed by atoms with Gasteiger partial charge in [-0.15, -0.1) is 11.3 Å². The molecule has 2 aromatic heterocycles. The molecule has 0 aliphatic carbocycles. The average Bonchev–Trinajstić information content (AvgIpc) is 3.06. The average molecular weight is 278 g/mol. The Labute approximate surface area is 117 Å². The van der Waals surface area contributed by atoms with Crippen molar-refractivity contribution >= 4 is 17.1 Å². The van der Waals surface area contributed by atoms with Crippen molar-refractivity contribution in [2.75, 3.05) is 7.11 Å². The van der Waals surface area contributed by atoms with Gasteiger partial charge in [-0.05, 0) is 19.4 Å². The number of rotatable bonds is 6. The third kappa shape index (κ3) is 3.23. The molecule has 0 bridgehead atoms. The molecule has 0 radical (unpaired) electrons. The molecular weight excluding hydrogens is 260 g/mol. The lowest BCUT2D eigenvalue weighted by atomic mass is 10.2. The van der Waals surface area contributed by atoms with Crippen molar-refractivity contribution < 1.29 is 9.53 Å². The summed E-state index contributed by atoms with van der Waals surface area (Å²) in [7, 11) is 1.60. The molecule has 0 N–H and O–H groups in total. The van der Waals surface area contributed by atoms with E-state index < -0.39 is 0 Å². The number of carbonyl (C=O) groups is 1. The first-order valence-corrected chi connectivity index (χ1v) is 7.21. The molecule has 0 fully saturated rings. The van der Waals surface area contributed by atoms with Crippen molar-refractivity contribution in [3.05, 3.63) is 34.3 Å². The number of hydrogen-bond acceptors (Lipinski definition) is 4. The Morgan fingerprint density at radius 3 is 3.00 bits per heavy atom. The van der Waals surface area contributed by atoms with Gasteiger partial charge in [-0.3, -0.25) is 9.48 Å². The van der Waals surface area contributed by atoms with E-state index in [4.69, 9.17) is 4.74 Å². The quantitative estimate of drug-likeness (QED) is 0.761. The second kappa shape index (κ2) is 6.02. The highest BCUT2D eigenvalue weighted by Gasteiger charge is 2.13. The van der Waals surface area contributed by atoms with Crippen LogP contribution in [0.5, 0.6) is 5.75 Å². The minimum Gasteiger partial charge on any atom is -0.496 e. The number of aromatic nitrogens is 2. The molecule has 19 heavy (non-hydrogen) atoms. The summed E-state index contributed by atoms with van der Waals surface area (Å²) in [4.78, 5) is 12.8. The van der Waals surface area contributed by atoms with Crippen LogP contribution in [0, 0.1) is 0 Å². The number of thiophene rings is 1. The molecule has 0 amide bonds. The predicted octanol–water partition coefficient (Wildman–Crippen LogP) is 3.35. The molecule has 0 aliphatic heterocycles. The van der Waals surface area contributed by atoms with E-state index in [2.05, 4.69) is 18.9 Å². The molecule has 4 nitrogen and oxygen atoms in total. The molecule has 1 atom stereocenters. The predicted molar refractivity (Wildman–Crippen MR) is 76.1 cm³/mol. The van der Waals surface area contributed by atoms with Gasteiger partial charge in [-0.2, -0.15) is 5.10 Å². The van der Waals surface area contributed by atoms with Gasteiger partial charge in [0.25, 0.3) is 0 Å². The number of nitrogens with zero attached hydrogens (tertiary/aromatic N) is 2. The molecule has 1 unspecified atom stereocenters. The highest BCUT2D eigenvalue weighted by molar-refractivity contribution is 7.12. The van der Waals surface area contributed by atoms with Gasteiger partial charge in [0.2, 0.25) is 0 Å². The van der Waals surface area contributed by atoms with E-state index in [-0.39, 0.29) is 5.78 Å². The summed E-state index contributed by atoms with van der Waals surface area (Å²) in [5.74, 6) is 0.821. The molecular formula is C14H18N2O2S. The van der Waals surface area contributed by atoms with Crippen molar-refractivity contribution in [2.24, 2.45) is 0 Å². The Bertz CT molecular complexity index is 559. The molecule has 0 saturated heterocycles. The molecule has 0 aliphatic rings. The first-order valence-electron chi connectivity index (χ1n) is 6.33. The highest BCUT2D eigenvalue weighted by atomic mass is 32.1. The van der Waals surface area contributed by atoms with Crippen LogP contribution >= 0.6 is 11.3 Å². The van der Waals surface area contributed by atoms with E-state index in [0.29, 0.717) is 12.5 Å². The van der Waals surface area contributed by atoms with Crippen molar-refractivity contribution in [1.29, 1.82) is 0 Å². The Morgan fingerprint density at radius 1 is 1.58 bits per heavy atom. The van der Waals surface area contributed by atoms with Crippen LogP contribution in [0.15, 0.2) is 23.7 Å². The van der Waals surface area contributed by atoms with E-state index in [0.717, 1.165) is 22.7 Å². The van der Waals surface area contributed by atoms with Gasteiger partial charge in [0, 0.05) is 23.7 Å². The fourth-order valence-electron chi connectivity index (χ4n) is 1.73. The summed E-state index contributed by atoms with van der Waals surface area (Å²) in [6.07, 6.45) is 3.30. The summed E-state index contributed by atoms with van der Waals surface area (Å²) < 4.78 is 7.00. The van der Waals surface area contributed by atoms with Gasteiger partial charge in [-0.1, -0.05) is 6.92 Å². The fourth-order valence-corrected chi connectivity index (χ4v) is 2.52. The van der Waals surface area contributed by atoms with Crippen LogP contribution in [0.1, 0.15) is 41.7 Å². The topological polar surface area (TPSA) is 44.1 Å². The number of Topliss-reactive ketones (excluding diaryl/α,β-unsaturated/α-hetero) is 1. The lowest BCUT2D eigenvalue weighted by Crippen LogP contribution is -2.07. The lowest BCUT2D eigenvalue weighted by Gasteiger charge is -2.07. The standard InChI is InChI=1S/C14H18N2O2S/c1-4-10(2)16-6-5-11(15-16)7-13(17)14-8-12(18-3)9-19-14/h5-6,8-10H,4,7H2,1-3H3. The summed E-state index contributed by atoms with van der Waals surface area (Å²) in [5.41, 5.74) is 0.817. The normalized spacial score (nSPS) is 12.4. The molecule has 2 aromatic rings. The third-order valence-electron chi connectivity index (χ3n) is 3.13. The number of ether oxygens (including phenoxy) is 1. The SMILES string of the molecule is CCC(C)n1ccc(CC(=O)c2cc(OC)cs2)n1. The minimum atomic E-state index is 0.0858. The smallest absolute Gasteiger partial charge is 0.178 e. The van der Waals surface area contributed by atoms with Crippen LogP contribution < -0.4 is 4.74 Å². The number of hydrogen-bond donors (Lipinski definition) is 0. The zero-order valence-electron chi connectivity index (χ0n) is 11.4. The van der Waals surface area contributed by atoms with Crippen molar-refractivity contribution in [1.82, 2.24) is 9.78 Å². The molecule has 0 aromatic carbocycles. The van der Waals surface area contributed by atoms with Gasteiger partial charge in [0.1, 0.15) is 5.75 Å². The molecule has 0 saturated carbocycles. The van der Waals surface area contributed by atoms with Crippen LogP contribution in [-0.4, -0.2) is 22.7 Å². The van der Waals surface area contributed by atoms with Gasteiger partial charge in [0.05, 0.1) is 24.1 Å². The maximum atomic E-state index is 12.1. The van der Waals surface area contributed by atoms with Crippen LogP contribution in [0.2, 0.25) is 0 Å². The summed E-state index contributed by atoms with van der Waals surface area (Å²) >= 11 is 1.41. The summed E-state index contributed by atoms with van der Waals surface area (Å²) in [5, 5.41) is 6.28. The number of carbonyl (C=O) groups excluding carboxylic acids is 1. The number of ketones is 1. The van der Waals surface area contributed by atoms with Crippen LogP contribution in [0.4, 0.5) is 0 Å². The monoisotopic (exact) mass is 278 g/mol. The molecule has 2 rings (SSSR count). The maximum absolute atomic E-state index is 12.1. The van der Waals surface area contributed by atoms with E-state index in [1.54, 1.807) is 13.2 Å². The zero-order valence-corrected chi connectivity index (χ0v) is 12.2. The highest BCUT2D eigenvalue weighted by Crippen LogP contribution is 2.22. The van der Waals surface area contributed by atoms with E-state index in [9.17, 15) is 4.79 Å². The second-order valence-corrected chi connectivity index (χ2v) is 5.41. The fraction of sp³-hybridized carbons (Fsp3) is 0.429. The van der Waals surface area contributed by atoms with Crippen molar-refractivity contribution in [3.63, 3.8) is 0 Å². The third-order valence-corrected chi connectivity index (χ3v) is 4.08. The molecule has 102 valence electrons. The van der Waals surface area contributed by atoms with Crippen LogP contribution in [-0.2, 0) is 6.42 Å². The van der Waals surface area contributed by atoms with Crippen LogP contribution in [0.3, 0.4) is 0 Å². The maximum Gasteiger partial charge on any atom is 0.178 e. The van der Waals surface area contributed by atoms with Gasteiger partial charge in [-0.25, -0.2) is 0 Å². The van der Waals surface area contributed by atoms with Crippen LogP contribution in [0.25, 0.3) is 0 Å². The Hall–Kier alpha value is -1.62. The van der Waals surface area contributed by atoms with Gasteiger partial charge >= 0.3 is 0 Å². The number of methoxy groups -OCH3 is 1. The lowest BCUT2D eigenvalue weighted by molar-refractivity contribution is 0.0995. The summed E-state index contributed by atoms with van der Waals surface area (Å²) in [6.45, 7) is 4.23.